The Hall–Kier alpha value is -1.96. The minimum Gasteiger partial charge on any atom is -0.508 e. The van der Waals surface area contributed by atoms with Crippen molar-refractivity contribution >= 4 is 0 Å². The van der Waals surface area contributed by atoms with Gasteiger partial charge in [0.15, 0.2) is 0 Å². The van der Waals surface area contributed by atoms with Gasteiger partial charge in [0.05, 0.1) is 0 Å². The summed E-state index contributed by atoms with van der Waals surface area (Å²) in [5.41, 5.74) is 4.09. The minimum absolute atomic E-state index is 0.336. The van der Waals surface area contributed by atoms with Gasteiger partial charge in [0, 0.05) is 0 Å². The monoisotopic (exact) mass is 280 g/mol. The van der Waals surface area contributed by atoms with Gasteiger partial charge in [0.25, 0.3) is 0 Å². The van der Waals surface area contributed by atoms with Crippen LogP contribution < -0.4 is 0 Å². The number of benzene rings is 2. The number of phenolic OH excluding ortho intramolecular Hbond substituents is 2. The van der Waals surface area contributed by atoms with E-state index < -0.39 is 0 Å². The molecule has 21 heavy (non-hydrogen) atoms. The van der Waals surface area contributed by atoms with Gasteiger partial charge >= 0.3 is 0 Å². The fraction of sp³-hybridized carbons (Fsp3) is 0.368. The number of hydrogen-bond donors (Lipinski definition) is 2. The Kier molecular flexibility index (Phi) is 2.91. The van der Waals surface area contributed by atoms with Crippen LogP contribution in [-0.2, 0) is 6.42 Å². The number of aromatic hydroxyl groups is 2. The molecule has 3 atom stereocenters. The Morgan fingerprint density at radius 2 is 1.57 bits per heavy atom. The maximum atomic E-state index is 9.79. The highest BCUT2D eigenvalue weighted by molar-refractivity contribution is 5.43. The van der Waals surface area contributed by atoms with Crippen LogP contribution in [0.1, 0.15) is 47.8 Å². The number of fused-ring (bicyclic) bond motifs is 3. The summed E-state index contributed by atoms with van der Waals surface area (Å²) < 4.78 is 0. The molecule has 4 rings (SSSR count). The molecule has 2 aliphatic carbocycles. The molecule has 2 aliphatic rings. The standard InChI is InChI=1S/C19H20O2/c20-14-7-4-12(5-8-14)18-10-13-6-9-15(21)11-19(13)17-3-1-2-16(17)18/h4-9,11,16-18,20-21H,1-3,10H2/t16-,17+,18-/m0/s1. The van der Waals surface area contributed by atoms with Gasteiger partial charge in [-0.25, -0.2) is 0 Å². The van der Waals surface area contributed by atoms with E-state index >= 15 is 0 Å². The molecule has 0 radical (unpaired) electrons. The topological polar surface area (TPSA) is 40.5 Å². The van der Waals surface area contributed by atoms with Crippen molar-refractivity contribution in [2.45, 2.75) is 37.5 Å². The third-order valence-corrected chi connectivity index (χ3v) is 5.38. The summed E-state index contributed by atoms with van der Waals surface area (Å²) in [6.45, 7) is 0. The highest BCUT2D eigenvalue weighted by Crippen LogP contribution is 2.53. The molecular weight excluding hydrogens is 260 g/mol. The van der Waals surface area contributed by atoms with Crippen molar-refractivity contribution in [1.29, 1.82) is 0 Å². The quantitative estimate of drug-likeness (QED) is 0.816. The highest BCUT2D eigenvalue weighted by Gasteiger charge is 2.40. The molecule has 1 saturated carbocycles. The molecule has 0 saturated heterocycles. The van der Waals surface area contributed by atoms with Crippen LogP contribution in [0.2, 0.25) is 0 Å². The summed E-state index contributed by atoms with van der Waals surface area (Å²) in [4.78, 5) is 0. The second-order valence-electron chi connectivity index (χ2n) is 6.49. The fourth-order valence-electron chi connectivity index (χ4n) is 4.44. The average molecular weight is 280 g/mol. The van der Waals surface area contributed by atoms with Crippen molar-refractivity contribution in [3.63, 3.8) is 0 Å². The molecule has 0 bridgehead atoms. The van der Waals surface area contributed by atoms with Gasteiger partial charge in [-0.05, 0) is 78.0 Å². The van der Waals surface area contributed by atoms with Gasteiger partial charge in [-0.15, -0.1) is 0 Å². The zero-order valence-corrected chi connectivity index (χ0v) is 12.0. The smallest absolute Gasteiger partial charge is 0.115 e. The van der Waals surface area contributed by atoms with Crippen LogP contribution in [0.3, 0.4) is 0 Å². The summed E-state index contributed by atoms with van der Waals surface area (Å²) >= 11 is 0. The first-order valence-electron chi connectivity index (χ1n) is 7.83. The van der Waals surface area contributed by atoms with E-state index in [1.165, 1.54) is 36.0 Å². The van der Waals surface area contributed by atoms with Crippen LogP contribution in [0.4, 0.5) is 0 Å². The third kappa shape index (κ3) is 2.10. The molecule has 0 aromatic heterocycles. The van der Waals surface area contributed by atoms with Crippen molar-refractivity contribution in [2.24, 2.45) is 5.92 Å². The number of hydrogen-bond acceptors (Lipinski definition) is 2. The molecule has 0 amide bonds. The Labute approximate surface area is 125 Å². The molecule has 0 spiro atoms. The van der Waals surface area contributed by atoms with Crippen LogP contribution in [0.5, 0.6) is 11.5 Å². The Balaban J connectivity index is 1.77. The summed E-state index contributed by atoms with van der Waals surface area (Å²) in [7, 11) is 0. The second kappa shape index (κ2) is 4.80. The van der Waals surface area contributed by atoms with Crippen LogP contribution in [0.25, 0.3) is 0 Å². The van der Waals surface area contributed by atoms with E-state index in [1.54, 1.807) is 12.1 Å². The van der Waals surface area contributed by atoms with E-state index in [-0.39, 0.29) is 0 Å². The van der Waals surface area contributed by atoms with Crippen LogP contribution in [-0.4, -0.2) is 10.2 Å². The predicted octanol–water partition coefficient (Wildman–Crippen LogP) is 4.32. The van der Waals surface area contributed by atoms with Crippen LogP contribution in [0, 0.1) is 5.92 Å². The van der Waals surface area contributed by atoms with Crippen LogP contribution >= 0.6 is 0 Å². The Morgan fingerprint density at radius 1 is 0.810 bits per heavy atom. The molecular formula is C19H20O2. The molecule has 0 aliphatic heterocycles. The highest BCUT2D eigenvalue weighted by atomic mass is 16.3. The molecule has 0 unspecified atom stereocenters. The van der Waals surface area contributed by atoms with Gasteiger partial charge < -0.3 is 10.2 Å². The van der Waals surface area contributed by atoms with E-state index in [0.717, 1.165) is 6.42 Å². The van der Waals surface area contributed by atoms with Gasteiger partial charge in [0.2, 0.25) is 0 Å². The molecule has 2 heteroatoms. The first kappa shape index (κ1) is 12.8. The Bertz CT molecular complexity index is 660. The molecule has 2 aromatic rings. The normalized spacial score (nSPS) is 27.1. The molecule has 1 fully saturated rings. The lowest BCUT2D eigenvalue weighted by molar-refractivity contribution is 0.363. The molecule has 108 valence electrons. The first-order chi connectivity index (χ1) is 10.2. The van der Waals surface area contributed by atoms with E-state index in [0.29, 0.717) is 29.3 Å². The van der Waals surface area contributed by atoms with E-state index in [9.17, 15) is 10.2 Å². The Morgan fingerprint density at radius 3 is 2.38 bits per heavy atom. The predicted molar refractivity (Wildman–Crippen MR) is 82.7 cm³/mol. The van der Waals surface area contributed by atoms with Crippen molar-refractivity contribution in [3.05, 3.63) is 59.2 Å². The lowest BCUT2D eigenvalue weighted by Crippen LogP contribution is -2.24. The second-order valence-corrected chi connectivity index (χ2v) is 6.49. The number of rotatable bonds is 1. The average Bonchev–Trinajstić information content (AvgIpc) is 2.97. The molecule has 2 N–H and O–H groups in total. The maximum absolute atomic E-state index is 9.79. The van der Waals surface area contributed by atoms with Crippen molar-refractivity contribution < 1.29 is 10.2 Å². The molecule has 2 aromatic carbocycles. The summed E-state index contributed by atoms with van der Waals surface area (Å²) in [6, 6.07) is 13.6. The van der Waals surface area contributed by atoms with Gasteiger partial charge in [-0.3, -0.25) is 0 Å². The summed E-state index contributed by atoms with van der Waals surface area (Å²) in [5.74, 6) is 2.52. The zero-order valence-electron chi connectivity index (χ0n) is 12.0. The summed E-state index contributed by atoms with van der Waals surface area (Å²) in [6.07, 6.45) is 4.82. The van der Waals surface area contributed by atoms with Crippen LogP contribution in [0.15, 0.2) is 42.5 Å². The van der Waals surface area contributed by atoms with Crippen molar-refractivity contribution in [3.8, 4) is 11.5 Å². The van der Waals surface area contributed by atoms with Gasteiger partial charge in [-0.2, -0.15) is 0 Å². The SMILES string of the molecule is Oc1ccc([C@@H]2Cc3ccc(O)cc3[C@@H]3CCC[C@H]23)cc1. The fourth-order valence-corrected chi connectivity index (χ4v) is 4.44. The minimum atomic E-state index is 0.336. The zero-order chi connectivity index (χ0) is 14.4. The first-order valence-corrected chi connectivity index (χ1v) is 7.83. The lowest BCUT2D eigenvalue weighted by Gasteiger charge is -2.36. The van der Waals surface area contributed by atoms with Crippen molar-refractivity contribution in [2.75, 3.05) is 0 Å². The number of phenols is 2. The molecule has 2 nitrogen and oxygen atoms in total. The maximum Gasteiger partial charge on any atom is 0.115 e. The third-order valence-electron chi connectivity index (χ3n) is 5.38. The summed E-state index contributed by atoms with van der Waals surface area (Å²) in [5, 5.41) is 19.3. The van der Waals surface area contributed by atoms with Crippen molar-refractivity contribution in [1.82, 2.24) is 0 Å². The van der Waals surface area contributed by atoms with E-state index in [1.807, 2.05) is 12.1 Å². The lowest BCUT2D eigenvalue weighted by atomic mass is 9.68. The molecule has 0 heterocycles. The van der Waals surface area contributed by atoms with Gasteiger partial charge in [-0.1, -0.05) is 24.6 Å². The largest absolute Gasteiger partial charge is 0.508 e. The van der Waals surface area contributed by atoms with Gasteiger partial charge in [0.1, 0.15) is 11.5 Å². The van der Waals surface area contributed by atoms with E-state index in [4.69, 9.17) is 0 Å². The van der Waals surface area contributed by atoms with E-state index in [2.05, 4.69) is 18.2 Å².